The summed E-state index contributed by atoms with van der Waals surface area (Å²) in [5.74, 6) is 0.594. The van der Waals surface area contributed by atoms with Crippen molar-refractivity contribution in [3.8, 4) is 5.75 Å². The van der Waals surface area contributed by atoms with Crippen molar-refractivity contribution in [1.82, 2.24) is 4.98 Å². The molecule has 2 aromatic carbocycles. The van der Waals surface area contributed by atoms with E-state index in [1.165, 1.54) is 23.5 Å². The largest absolute Gasteiger partial charge is 0.497 e. The van der Waals surface area contributed by atoms with E-state index >= 15 is 0 Å². The molecule has 3 aromatic rings. The summed E-state index contributed by atoms with van der Waals surface area (Å²) in [6.07, 6.45) is 0. The monoisotopic (exact) mass is 288 g/mol. The fraction of sp³-hybridized carbons (Fsp3) is 0.133. The number of ether oxygens (including phenoxy) is 1. The molecular weight excluding hydrogens is 275 g/mol. The van der Waals surface area contributed by atoms with Crippen LogP contribution in [0.2, 0.25) is 0 Å². The van der Waals surface area contributed by atoms with Crippen molar-refractivity contribution in [1.29, 1.82) is 0 Å². The number of methoxy groups -OCH3 is 1. The number of rotatable bonds is 4. The van der Waals surface area contributed by atoms with Gasteiger partial charge >= 0.3 is 0 Å². The second-order valence-corrected chi connectivity index (χ2v) is 5.37. The van der Waals surface area contributed by atoms with Gasteiger partial charge in [0.2, 0.25) is 0 Å². The van der Waals surface area contributed by atoms with Gasteiger partial charge < -0.3 is 10.1 Å². The smallest absolute Gasteiger partial charge is 0.184 e. The van der Waals surface area contributed by atoms with E-state index in [-0.39, 0.29) is 5.82 Å². The number of nitrogens with one attached hydrogen (secondary N) is 1. The van der Waals surface area contributed by atoms with Crippen LogP contribution in [0.3, 0.4) is 0 Å². The van der Waals surface area contributed by atoms with Crippen molar-refractivity contribution in [2.24, 2.45) is 0 Å². The molecule has 3 rings (SSSR count). The summed E-state index contributed by atoms with van der Waals surface area (Å²) >= 11 is 1.45. The number of aromatic nitrogens is 1. The number of halogens is 1. The van der Waals surface area contributed by atoms with Crippen molar-refractivity contribution in [2.75, 3.05) is 12.4 Å². The van der Waals surface area contributed by atoms with Gasteiger partial charge in [-0.25, -0.2) is 9.37 Å². The third-order valence-electron chi connectivity index (χ3n) is 2.93. The normalized spacial score (nSPS) is 10.7. The number of hydrogen-bond acceptors (Lipinski definition) is 4. The van der Waals surface area contributed by atoms with E-state index in [1.54, 1.807) is 13.2 Å². The van der Waals surface area contributed by atoms with Gasteiger partial charge in [-0.3, -0.25) is 0 Å². The van der Waals surface area contributed by atoms with Gasteiger partial charge in [0.1, 0.15) is 11.6 Å². The first-order chi connectivity index (χ1) is 9.74. The van der Waals surface area contributed by atoms with Gasteiger partial charge in [0.15, 0.2) is 5.13 Å². The van der Waals surface area contributed by atoms with E-state index < -0.39 is 0 Å². The van der Waals surface area contributed by atoms with Crippen molar-refractivity contribution < 1.29 is 9.13 Å². The van der Waals surface area contributed by atoms with E-state index in [9.17, 15) is 4.39 Å². The molecule has 0 aliphatic carbocycles. The highest BCUT2D eigenvalue weighted by atomic mass is 32.1. The third kappa shape index (κ3) is 2.72. The topological polar surface area (TPSA) is 34.1 Å². The first kappa shape index (κ1) is 12.9. The molecule has 0 bridgehead atoms. The zero-order valence-corrected chi connectivity index (χ0v) is 11.7. The van der Waals surface area contributed by atoms with Crippen LogP contribution in [-0.4, -0.2) is 12.1 Å². The van der Waals surface area contributed by atoms with Gasteiger partial charge in [-0.15, -0.1) is 0 Å². The van der Waals surface area contributed by atoms with Crippen LogP contribution < -0.4 is 10.1 Å². The Hall–Kier alpha value is -2.14. The maximum absolute atomic E-state index is 13.1. The molecule has 1 aromatic heterocycles. The summed E-state index contributed by atoms with van der Waals surface area (Å²) in [6.45, 7) is 0.652. The van der Waals surface area contributed by atoms with Crippen molar-refractivity contribution in [3.05, 3.63) is 53.8 Å². The predicted octanol–water partition coefficient (Wildman–Crippen LogP) is 4.06. The SMILES string of the molecule is COc1cccc(CNc2nc3ccc(F)cc3s2)c1. The second-order valence-electron chi connectivity index (χ2n) is 4.34. The molecule has 0 unspecified atom stereocenters. The maximum atomic E-state index is 13.1. The van der Waals surface area contributed by atoms with Crippen LogP contribution in [0.1, 0.15) is 5.56 Å². The van der Waals surface area contributed by atoms with Gasteiger partial charge in [0.05, 0.1) is 17.3 Å². The van der Waals surface area contributed by atoms with Crippen LogP contribution in [0, 0.1) is 5.82 Å². The molecule has 1 heterocycles. The molecule has 0 amide bonds. The van der Waals surface area contributed by atoms with E-state index in [4.69, 9.17) is 4.74 Å². The highest BCUT2D eigenvalue weighted by Gasteiger charge is 2.04. The summed E-state index contributed by atoms with van der Waals surface area (Å²) in [4.78, 5) is 4.42. The predicted molar refractivity (Wildman–Crippen MR) is 79.9 cm³/mol. The van der Waals surface area contributed by atoms with Crippen LogP contribution >= 0.6 is 11.3 Å². The lowest BCUT2D eigenvalue weighted by molar-refractivity contribution is 0.414. The van der Waals surface area contributed by atoms with E-state index in [0.717, 1.165) is 26.7 Å². The molecule has 1 N–H and O–H groups in total. The fourth-order valence-electron chi connectivity index (χ4n) is 1.93. The summed E-state index contributed by atoms with van der Waals surface area (Å²) in [6, 6.07) is 12.5. The van der Waals surface area contributed by atoms with Gasteiger partial charge in [-0.1, -0.05) is 23.5 Å². The van der Waals surface area contributed by atoms with Crippen molar-refractivity contribution in [2.45, 2.75) is 6.54 Å². The number of fused-ring (bicyclic) bond motifs is 1. The van der Waals surface area contributed by atoms with Crippen LogP contribution in [-0.2, 0) is 6.54 Å². The molecular formula is C15H13FN2OS. The molecule has 20 heavy (non-hydrogen) atoms. The number of benzene rings is 2. The zero-order chi connectivity index (χ0) is 13.9. The Morgan fingerprint density at radius 3 is 3.00 bits per heavy atom. The molecule has 0 radical (unpaired) electrons. The van der Waals surface area contributed by atoms with Crippen molar-refractivity contribution >= 4 is 26.7 Å². The summed E-state index contributed by atoms with van der Waals surface area (Å²) in [7, 11) is 1.65. The molecule has 0 saturated carbocycles. The van der Waals surface area contributed by atoms with E-state index in [1.807, 2.05) is 24.3 Å². The molecule has 0 aliphatic rings. The maximum Gasteiger partial charge on any atom is 0.184 e. The average Bonchev–Trinajstić information content (AvgIpc) is 2.87. The fourth-order valence-corrected chi connectivity index (χ4v) is 2.82. The summed E-state index contributed by atoms with van der Waals surface area (Å²) in [5, 5.41) is 4.04. The van der Waals surface area contributed by atoms with Crippen LogP contribution in [0.5, 0.6) is 5.75 Å². The average molecular weight is 288 g/mol. The highest BCUT2D eigenvalue weighted by molar-refractivity contribution is 7.22. The zero-order valence-electron chi connectivity index (χ0n) is 10.9. The standard InChI is InChI=1S/C15H13FN2OS/c1-19-12-4-2-3-10(7-12)9-17-15-18-13-6-5-11(16)8-14(13)20-15/h2-8H,9H2,1H3,(H,17,18). The Bertz CT molecular complexity index is 742. The Balaban J connectivity index is 1.76. The Morgan fingerprint density at radius 1 is 1.25 bits per heavy atom. The lowest BCUT2D eigenvalue weighted by atomic mass is 10.2. The lowest BCUT2D eigenvalue weighted by Gasteiger charge is -2.05. The van der Waals surface area contributed by atoms with Crippen molar-refractivity contribution in [3.63, 3.8) is 0 Å². The first-order valence-electron chi connectivity index (χ1n) is 6.17. The molecule has 102 valence electrons. The van der Waals surface area contributed by atoms with Gasteiger partial charge in [0, 0.05) is 6.54 Å². The van der Waals surface area contributed by atoms with Crippen LogP contribution in [0.4, 0.5) is 9.52 Å². The minimum absolute atomic E-state index is 0.236. The minimum atomic E-state index is -0.236. The number of hydrogen-bond donors (Lipinski definition) is 1. The highest BCUT2D eigenvalue weighted by Crippen LogP contribution is 2.27. The number of nitrogens with zero attached hydrogens (tertiary/aromatic N) is 1. The molecule has 0 spiro atoms. The molecule has 0 saturated heterocycles. The third-order valence-corrected chi connectivity index (χ3v) is 3.90. The number of thiazole rings is 1. The molecule has 0 atom stereocenters. The molecule has 0 fully saturated rings. The summed E-state index contributed by atoms with van der Waals surface area (Å²) in [5.41, 5.74) is 1.92. The van der Waals surface area contributed by atoms with Crippen LogP contribution in [0.15, 0.2) is 42.5 Å². The second kappa shape index (κ2) is 5.46. The summed E-state index contributed by atoms with van der Waals surface area (Å²) < 4.78 is 19.2. The quantitative estimate of drug-likeness (QED) is 0.786. The van der Waals surface area contributed by atoms with Crippen LogP contribution in [0.25, 0.3) is 10.2 Å². The van der Waals surface area contributed by atoms with E-state index in [2.05, 4.69) is 10.3 Å². The lowest BCUT2D eigenvalue weighted by Crippen LogP contribution is -1.98. The molecule has 0 aliphatic heterocycles. The minimum Gasteiger partial charge on any atom is -0.497 e. The Morgan fingerprint density at radius 2 is 2.15 bits per heavy atom. The van der Waals surface area contributed by atoms with Gasteiger partial charge in [-0.2, -0.15) is 0 Å². The molecule has 5 heteroatoms. The number of anilines is 1. The van der Waals surface area contributed by atoms with Gasteiger partial charge in [-0.05, 0) is 35.9 Å². The Labute approximate surface area is 120 Å². The van der Waals surface area contributed by atoms with Gasteiger partial charge in [0.25, 0.3) is 0 Å². The molecule has 3 nitrogen and oxygen atoms in total. The first-order valence-corrected chi connectivity index (χ1v) is 6.99. The van der Waals surface area contributed by atoms with E-state index in [0.29, 0.717) is 6.54 Å². The Kier molecular flexibility index (Phi) is 3.52.